The van der Waals surface area contributed by atoms with Crippen LogP contribution in [0.2, 0.25) is 10.0 Å². The van der Waals surface area contributed by atoms with E-state index in [0.717, 1.165) is 31.2 Å². The van der Waals surface area contributed by atoms with Crippen LogP contribution in [0.3, 0.4) is 0 Å². The highest BCUT2D eigenvalue weighted by molar-refractivity contribution is 6.42. The van der Waals surface area contributed by atoms with Gasteiger partial charge in [0.15, 0.2) is 0 Å². The zero-order chi connectivity index (χ0) is 14.8. The number of halogens is 2. The molecule has 0 amide bonds. The molecule has 1 aromatic carbocycles. The molecule has 0 radical (unpaired) electrons. The van der Waals surface area contributed by atoms with E-state index in [1.807, 2.05) is 12.1 Å². The molecule has 20 heavy (non-hydrogen) atoms. The molecule has 1 atom stereocenters. The Balaban J connectivity index is 2.13. The second kappa shape index (κ2) is 6.65. The second-order valence-electron chi connectivity index (χ2n) is 5.88. The van der Waals surface area contributed by atoms with Crippen molar-refractivity contribution in [3.05, 3.63) is 33.8 Å². The number of hydrogen-bond donors (Lipinski definition) is 1. The first kappa shape index (κ1) is 16.1. The van der Waals surface area contributed by atoms with Crippen LogP contribution in [0, 0.1) is 5.92 Å². The number of methoxy groups -OCH3 is 1. The summed E-state index contributed by atoms with van der Waals surface area (Å²) in [5.74, 6) is 0.709. The van der Waals surface area contributed by atoms with Crippen molar-refractivity contribution in [2.75, 3.05) is 7.11 Å². The Morgan fingerprint density at radius 2 is 2.00 bits per heavy atom. The minimum atomic E-state index is -0.559. The van der Waals surface area contributed by atoms with E-state index in [-0.39, 0.29) is 0 Å². The first-order valence-corrected chi connectivity index (χ1v) is 7.90. The molecule has 1 aliphatic rings. The lowest BCUT2D eigenvalue weighted by atomic mass is 9.75. The van der Waals surface area contributed by atoms with Crippen LogP contribution >= 0.6 is 23.2 Å². The Bertz CT molecular complexity index is 454. The van der Waals surface area contributed by atoms with Gasteiger partial charge in [0.2, 0.25) is 0 Å². The van der Waals surface area contributed by atoms with Gasteiger partial charge < -0.3 is 9.84 Å². The van der Waals surface area contributed by atoms with Crippen LogP contribution in [-0.4, -0.2) is 23.9 Å². The van der Waals surface area contributed by atoms with Gasteiger partial charge in [-0.15, -0.1) is 0 Å². The number of rotatable bonds is 4. The van der Waals surface area contributed by atoms with Crippen LogP contribution in [-0.2, 0) is 11.2 Å². The summed E-state index contributed by atoms with van der Waals surface area (Å²) >= 11 is 12.2. The largest absolute Gasteiger partial charge is 0.390 e. The summed E-state index contributed by atoms with van der Waals surface area (Å²) in [5.41, 5.74) is 0.430. The molecule has 0 spiro atoms. The number of aliphatic hydroxyl groups excluding tert-OH is 1. The fourth-order valence-corrected chi connectivity index (χ4v) is 3.42. The number of ether oxygens (including phenoxy) is 1. The summed E-state index contributed by atoms with van der Waals surface area (Å²) in [6.07, 6.45) is 3.88. The van der Waals surface area contributed by atoms with Crippen molar-refractivity contribution in [2.24, 2.45) is 5.92 Å². The summed E-state index contributed by atoms with van der Waals surface area (Å²) in [7, 11) is 1.69. The van der Waals surface area contributed by atoms with Crippen LogP contribution < -0.4 is 0 Å². The molecule has 0 aliphatic heterocycles. The fraction of sp³-hybridized carbons (Fsp3) is 0.625. The molecule has 112 valence electrons. The Morgan fingerprint density at radius 3 is 2.60 bits per heavy atom. The van der Waals surface area contributed by atoms with Gasteiger partial charge in [-0.05, 0) is 43.2 Å². The molecule has 2 nitrogen and oxygen atoms in total. The molecular formula is C16H22Cl2O2. The van der Waals surface area contributed by atoms with Crippen molar-refractivity contribution >= 4 is 23.2 Å². The van der Waals surface area contributed by atoms with Gasteiger partial charge >= 0.3 is 0 Å². The third-order valence-electron chi connectivity index (χ3n) is 4.58. The van der Waals surface area contributed by atoms with Gasteiger partial charge in [0, 0.05) is 13.5 Å². The molecule has 1 N–H and O–H groups in total. The van der Waals surface area contributed by atoms with Crippen LogP contribution in [0.25, 0.3) is 0 Å². The number of aliphatic hydroxyl groups is 1. The summed E-state index contributed by atoms with van der Waals surface area (Å²) in [6, 6.07) is 5.53. The van der Waals surface area contributed by atoms with Gasteiger partial charge in [0.1, 0.15) is 0 Å². The second-order valence-corrected chi connectivity index (χ2v) is 6.67. The lowest BCUT2D eigenvalue weighted by Gasteiger charge is -2.42. The molecular weight excluding hydrogens is 295 g/mol. The topological polar surface area (TPSA) is 29.5 Å². The molecule has 0 heterocycles. The van der Waals surface area contributed by atoms with Crippen molar-refractivity contribution in [1.29, 1.82) is 0 Å². The Morgan fingerprint density at radius 1 is 1.35 bits per heavy atom. The minimum Gasteiger partial charge on any atom is -0.390 e. The van der Waals surface area contributed by atoms with Crippen LogP contribution in [0.4, 0.5) is 0 Å². The SMILES string of the molecule is COC1(C(O)Cc2cccc(Cl)c2Cl)CCC(C)CC1. The smallest absolute Gasteiger partial charge is 0.0939 e. The zero-order valence-corrected chi connectivity index (χ0v) is 13.5. The van der Waals surface area contributed by atoms with E-state index in [9.17, 15) is 5.11 Å². The Hall–Kier alpha value is -0.280. The maximum atomic E-state index is 10.7. The highest BCUT2D eigenvalue weighted by atomic mass is 35.5. The molecule has 0 aromatic heterocycles. The highest BCUT2D eigenvalue weighted by Gasteiger charge is 2.40. The summed E-state index contributed by atoms with van der Waals surface area (Å²) < 4.78 is 5.71. The molecule has 4 heteroatoms. The molecule has 1 saturated carbocycles. The van der Waals surface area contributed by atoms with Crippen molar-refractivity contribution in [3.63, 3.8) is 0 Å². The van der Waals surface area contributed by atoms with Gasteiger partial charge in [-0.1, -0.05) is 42.3 Å². The minimum absolute atomic E-state index is 0.446. The Labute approximate surface area is 131 Å². The normalized spacial score (nSPS) is 28.4. The number of hydrogen-bond acceptors (Lipinski definition) is 2. The van der Waals surface area contributed by atoms with E-state index in [0.29, 0.717) is 22.4 Å². The quantitative estimate of drug-likeness (QED) is 0.886. The van der Waals surface area contributed by atoms with Gasteiger partial charge in [0.05, 0.1) is 21.8 Å². The van der Waals surface area contributed by atoms with Gasteiger partial charge in [-0.25, -0.2) is 0 Å². The van der Waals surface area contributed by atoms with Gasteiger partial charge in [-0.3, -0.25) is 0 Å². The maximum absolute atomic E-state index is 10.7. The highest BCUT2D eigenvalue weighted by Crippen LogP contribution is 2.38. The van der Waals surface area contributed by atoms with Crippen LogP contribution in [0.15, 0.2) is 18.2 Å². The van der Waals surface area contributed by atoms with Crippen LogP contribution in [0.5, 0.6) is 0 Å². The van der Waals surface area contributed by atoms with E-state index in [1.165, 1.54) is 0 Å². The lowest BCUT2D eigenvalue weighted by Crippen LogP contribution is -2.47. The molecule has 1 aliphatic carbocycles. The molecule has 1 unspecified atom stereocenters. The van der Waals surface area contributed by atoms with Crippen molar-refractivity contribution in [1.82, 2.24) is 0 Å². The van der Waals surface area contributed by atoms with E-state index in [4.69, 9.17) is 27.9 Å². The maximum Gasteiger partial charge on any atom is 0.0939 e. The predicted molar refractivity (Wildman–Crippen MR) is 83.5 cm³/mol. The summed E-state index contributed by atoms with van der Waals surface area (Å²) in [5, 5.41) is 11.7. The van der Waals surface area contributed by atoms with Gasteiger partial charge in [0.25, 0.3) is 0 Å². The third-order valence-corrected chi connectivity index (χ3v) is 5.44. The molecule has 1 fully saturated rings. The summed E-state index contributed by atoms with van der Waals surface area (Å²) in [4.78, 5) is 0. The Kier molecular flexibility index (Phi) is 5.36. The van der Waals surface area contributed by atoms with Crippen LogP contribution in [0.1, 0.15) is 38.2 Å². The first-order valence-electron chi connectivity index (χ1n) is 7.14. The van der Waals surface area contributed by atoms with Crippen molar-refractivity contribution in [2.45, 2.75) is 50.7 Å². The first-order chi connectivity index (χ1) is 9.48. The monoisotopic (exact) mass is 316 g/mol. The van der Waals surface area contributed by atoms with Crippen molar-refractivity contribution in [3.8, 4) is 0 Å². The molecule has 1 aromatic rings. The zero-order valence-electron chi connectivity index (χ0n) is 12.0. The fourth-order valence-electron chi connectivity index (χ4n) is 3.02. The van der Waals surface area contributed by atoms with E-state index < -0.39 is 11.7 Å². The summed E-state index contributed by atoms with van der Waals surface area (Å²) in [6.45, 7) is 2.25. The molecule has 0 bridgehead atoms. The molecule has 0 saturated heterocycles. The average Bonchev–Trinajstić information content (AvgIpc) is 2.45. The van der Waals surface area contributed by atoms with Gasteiger partial charge in [-0.2, -0.15) is 0 Å². The van der Waals surface area contributed by atoms with E-state index >= 15 is 0 Å². The molecule has 2 rings (SSSR count). The third kappa shape index (κ3) is 3.30. The predicted octanol–water partition coefficient (Wildman–Crippen LogP) is 4.49. The van der Waals surface area contributed by atoms with Crippen molar-refractivity contribution < 1.29 is 9.84 Å². The van der Waals surface area contributed by atoms with E-state index in [2.05, 4.69) is 6.92 Å². The standard InChI is InChI=1S/C16H22Cl2O2/c1-11-6-8-16(20-2,9-7-11)14(19)10-12-4-3-5-13(17)15(12)18/h3-5,11,14,19H,6-10H2,1-2H3. The lowest BCUT2D eigenvalue weighted by molar-refractivity contribution is -0.127. The average molecular weight is 317 g/mol. The van der Waals surface area contributed by atoms with E-state index in [1.54, 1.807) is 13.2 Å². The number of benzene rings is 1.